The van der Waals surface area contributed by atoms with E-state index in [1.807, 2.05) is 13.0 Å². The highest BCUT2D eigenvalue weighted by Crippen LogP contribution is 2.32. The summed E-state index contributed by atoms with van der Waals surface area (Å²) in [5.74, 6) is 1.37. The van der Waals surface area contributed by atoms with Gasteiger partial charge >= 0.3 is 0 Å². The summed E-state index contributed by atoms with van der Waals surface area (Å²) in [4.78, 5) is 0. The highest BCUT2D eigenvalue weighted by Gasteiger charge is 2.07. The van der Waals surface area contributed by atoms with Crippen LogP contribution in [-0.2, 0) is 0 Å². The van der Waals surface area contributed by atoms with Crippen molar-refractivity contribution in [3.63, 3.8) is 0 Å². The van der Waals surface area contributed by atoms with Crippen molar-refractivity contribution in [1.82, 2.24) is 0 Å². The topological polar surface area (TPSA) is 44.5 Å². The van der Waals surface area contributed by atoms with Crippen LogP contribution in [0.3, 0.4) is 0 Å². The summed E-state index contributed by atoms with van der Waals surface area (Å²) in [6.07, 6.45) is 0.814. The van der Waals surface area contributed by atoms with E-state index in [-0.39, 0.29) is 0 Å². The van der Waals surface area contributed by atoms with E-state index in [0.717, 1.165) is 12.0 Å². The summed E-state index contributed by atoms with van der Waals surface area (Å²) in [7, 11) is 1.61. The molecule has 0 spiro atoms. The molecular weight excluding hydrogens is 214 g/mol. The first kappa shape index (κ1) is 12.1. The maximum absolute atomic E-state index is 6.00. The van der Waals surface area contributed by atoms with E-state index >= 15 is 0 Å². The maximum atomic E-state index is 6.00. The lowest BCUT2D eigenvalue weighted by Crippen LogP contribution is -2.06. The molecule has 1 aromatic rings. The minimum Gasteiger partial charge on any atom is -0.493 e. The Balaban J connectivity index is 2.80. The Labute approximate surface area is 95.1 Å². The van der Waals surface area contributed by atoms with Crippen LogP contribution in [-0.4, -0.2) is 20.3 Å². The molecule has 1 aromatic carbocycles. The van der Waals surface area contributed by atoms with Crippen LogP contribution in [0, 0.1) is 6.92 Å². The summed E-state index contributed by atoms with van der Waals surface area (Å²) < 4.78 is 10.7. The summed E-state index contributed by atoms with van der Waals surface area (Å²) in [6.45, 7) is 3.11. The van der Waals surface area contributed by atoms with Crippen molar-refractivity contribution in [3.8, 4) is 11.5 Å². The number of benzene rings is 1. The van der Waals surface area contributed by atoms with Gasteiger partial charge in [0.25, 0.3) is 0 Å². The molecule has 0 aromatic heterocycles. The van der Waals surface area contributed by atoms with Crippen LogP contribution < -0.4 is 15.2 Å². The maximum Gasteiger partial charge on any atom is 0.162 e. The highest BCUT2D eigenvalue weighted by molar-refractivity contribution is 6.31. The average molecular weight is 230 g/mol. The number of aryl methyl sites for hydroxylation is 1. The molecule has 4 heteroatoms. The normalized spacial score (nSPS) is 10.1. The number of methoxy groups -OCH3 is 1. The predicted octanol–water partition coefficient (Wildman–Crippen LogP) is 2.38. The van der Waals surface area contributed by atoms with Crippen molar-refractivity contribution in [3.05, 3.63) is 22.7 Å². The van der Waals surface area contributed by atoms with Crippen LogP contribution in [0.15, 0.2) is 12.1 Å². The highest BCUT2D eigenvalue weighted by atomic mass is 35.5. The van der Waals surface area contributed by atoms with E-state index in [1.165, 1.54) is 0 Å². The Bertz CT molecular complexity index is 329. The van der Waals surface area contributed by atoms with E-state index in [4.69, 9.17) is 26.8 Å². The molecule has 0 radical (unpaired) electrons. The molecule has 0 aliphatic carbocycles. The van der Waals surface area contributed by atoms with E-state index in [1.54, 1.807) is 13.2 Å². The van der Waals surface area contributed by atoms with Crippen LogP contribution in [0.4, 0.5) is 0 Å². The lowest BCUT2D eigenvalue weighted by Gasteiger charge is -2.11. The second-order valence-corrected chi connectivity index (χ2v) is 3.65. The molecule has 0 saturated carbocycles. The molecular formula is C11H16ClNO2. The van der Waals surface area contributed by atoms with Gasteiger partial charge in [0, 0.05) is 11.1 Å². The van der Waals surface area contributed by atoms with Crippen molar-refractivity contribution in [1.29, 1.82) is 0 Å². The molecule has 0 unspecified atom stereocenters. The quantitative estimate of drug-likeness (QED) is 0.789. The van der Waals surface area contributed by atoms with Crippen LogP contribution in [0.2, 0.25) is 5.02 Å². The summed E-state index contributed by atoms with van der Waals surface area (Å²) >= 11 is 6.00. The fourth-order valence-electron chi connectivity index (χ4n) is 1.17. The van der Waals surface area contributed by atoms with Crippen LogP contribution in [0.1, 0.15) is 12.0 Å². The van der Waals surface area contributed by atoms with E-state index in [9.17, 15) is 0 Å². The second kappa shape index (κ2) is 5.83. The third-order valence-corrected chi connectivity index (χ3v) is 2.46. The van der Waals surface area contributed by atoms with Crippen LogP contribution >= 0.6 is 11.6 Å². The zero-order valence-corrected chi connectivity index (χ0v) is 9.80. The SMILES string of the molecule is COc1cc(C)c(Cl)cc1OCCCN. The Morgan fingerprint density at radius 1 is 1.33 bits per heavy atom. The minimum atomic E-state index is 0.576. The van der Waals surface area contributed by atoms with Crippen molar-refractivity contribution in [2.75, 3.05) is 20.3 Å². The molecule has 0 heterocycles. The zero-order valence-electron chi connectivity index (χ0n) is 9.05. The first-order chi connectivity index (χ1) is 7.19. The number of hydrogen-bond acceptors (Lipinski definition) is 3. The molecule has 0 saturated heterocycles. The third kappa shape index (κ3) is 3.29. The van der Waals surface area contributed by atoms with Crippen LogP contribution in [0.5, 0.6) is 11.5 Å². The van der Waals surface area contributed by atoms with Crippen molar-refractivity contribution in [2.45, 2.75) is 13.3 Å². The average Bonchev–Trinajstić information content (AvgIpc) is 2.23. The predicted molar refractivity (Wildman–Crippen MR) is 61.9 cm³/mol. The van der Waals surface area contributed by atoms with Gasteiger partial charge in [-0.25, -0.2) is 0 Å². The van der Waals surface area contributed by atoms with Gasteiger partial charge in [-0.15, -0.1) is 0 Å². The van der Waals surface area contributed by atoms with Crippen molar-refractivity contribution >= 4 is 11.6 Å². The van der Waals surface area contributed by atoms with Crippen molar-refractivity contribution in [2.24, 2.45) is 5.73 Å². The fraction of sp³-hybridized carbons (Fsp3) is 0.455. The van der Waals surface area contributed by atoms with Gasteiger partial charge in [0.15, 0.2) is 11.5 Å². The van der Waals surface area contributed by atoms with Gasteiger partial charge in [-0.3, -0.25) is 0 Å². The molecule has 0 fully saturated rings. The molecule has 15 heavy (non-hydrogen) atoms. The fourth-order valence-corrected chi connectivity index (χ4v) is 1.33. The zero-order chi connectivity index (χ0) is 11.3. The molecule has 3 nitrogen and oxygen atoms in total. The Kier molecular flexibility index (Phi) is 4.72. The largest absolute Gasteiger partial charge is 0.493 e. The van der Waals surface area contributed by atoms with E-state index in [2.05, 4.69) is 0 Å². The lowest BCUT2D eigenvalue weighted by molar-refractivity contribution is 0.291. The van der Waals surface area contributed by atoms with Gasteiger partial charge in [0.2, 0.25) is 0 Å². The Morgan fingerprint density at radius 2 is 2.07 bits per heavy atom. The molecule has 0 aliphatic heterocycles. The van der Waals surface area contributed by atoms with Crippen molar-refractivity contribution < 1.29 is 9.47 Å². The van der Waals surface area contributed by atoms with Gasteiger partial charge in [0.05, 0.1) is 13.7 Å². The van der Waals surface area contributed by atoms with Gasteiger partial charge < -0.3 is 15.2 Å². The molecule has 0 amide bonds. The molecule has 1 rings (SSSR count). The Hall–Kier alpha value is -0.930. The molecule has 0 bridgehead atoms. The van der Waals surface area contributed by atoms with Gasteiger partial charge in [-0.1, -0.05) is 11.6 Å². The summed E-state index contributed by atoms with van der Waals surface area (Å²) in [6, 6.07) is 3.63. The van der Waals surface area contributed by atoms with Gasteiger partial charge in [-0.05, 0) is 31.5 Å². The smallest absolute Gasteiger partial charge is 0.162 e. The first-order valence-corrected chi connectivity index (χ1v) is 5.24. The van der Waals surface area contributed by atoms with E-state index < -0.39 is 0 Å². The lowest BCUT2D eigenvalue weighted by atomic mass is 10.2. The number of rotatable bonds is 5. The second-order valence-electron chi connectivity index (χ2n) is 3.24. The van der Waals surface area contributed by atoms with Crippen LogP contribution in [0.25, 0.3) is 0 Å². The first-order valence-electron chi connectivity index (χ1n) is 4.86. The molecule has 0 atom stereocenters. The summed E-state index contributed by atoms with van der Waals surface area (Å²) in [5, 5.41) is 0.679. The Morgan fingerprint density at radius 3 is 2.67 bits per heavy atom. The summed E-state index contributed by atoms with van der Waals surface area (Å²) in [5.41, 5.74) is 6.35. The van der Waals surface area contributed by atoms with Gasteiger partial charge in [0.1, 0.15) is 0 Å². The standard InChI is InChI=1S/C11H16ClNO2/c1-8-6-10(14-2)11(7-9(8)12)15-5-3-4-13/h6-7H,3-5,13H2,1-2H3. The molecule has 84 valence electrons. The number of halogens is 1. The minimum absolute atomic E-state index is 0.576. The number of hydrogen-bond donors (Lipinski definition) is 1. The third-order valence-electron chi connectivity index (χ3n) is 2.05. The monoisotopic (exact) mass is 229 g/mol. The van der Waals surface area contributed by atoms with E-state index in [0.29, 0.717) is 29.7 Å². The molecule has 2 N–H and O–H groups in total. The number of nitrogens with two attached hydrogens (primary N) is 1. The molecule has 0 aliphatic rings. The van der Waals surface area contributed by atoms with Gasteiger partial charge in [-0.2, -0.15) is 0 Å². The number of ether oxygens (including phenoxy) is 2.